The highest BCUT2D eigenvalue weighted by Crippen LogP contribution is 2.00. The van der Waals surface area contributed by atoms with Gasteiger partial charge in [0.25, 0.3) is 0 Å². The Labute approximate surface area is 86.9 Å². The van der Waals surface area contributed by atoms with E-state index in [2.05, 4.69) is 15.3 Å². The van der Waals surface area contributed by atoms with Crippen molar-refractivity contribution in [3.05, 3.63) is 18.2 Å². The third-order valence-corrected chi connectivity index (χ3v) is 2.26. The second kappa shape index (κ2) is 5.29. The van der Waals surface area contributed by atoms with E-state index in [1.165, 1.54) is 11.8 Å². The number of aryl methyl sites for hydroxylation is 1. The molecule has 0 saturated carbocycles. The number of nitrogens with zero attached hydrogens (tertiary/aromatic N) is 4. The summed E-state index contributed by atoms with van der Waals surface area (Å²) < 4.78 is 1.90. The van der Waals surface area contributed by atoms with Crippen LogP contribution in [0.25, 0.3) is 0 Å². The molecule has 0 unspecified atom stereocenters. The van der Waals surface area contributed by atoms with Gasteiger partial charge in [-0.25, -0.2) is 4.98 Å². The van der Waals surface area contributed by atoms with E-state index in [0.717, 1.165) is 5.82 Å². The van der Waals surface area contributed by atoms with Crippen LogP contribution in [0.5, 0.6) is 0 Å². The van der Waals surface area contributed by atoms with Gasteiger partial charge in [-0.1, -0.05) is 11.8 Å². The lowest BCUT2D eigenvalue weighted by atomic mass is 10.6. The van der Waals surface area contributed by atoms with Crippen molar-refractivity contribution in [2.24, 2.45) is 12.0 Å². The molecule has 0 bridgehead atoms. The van der Waals surface area contributed by atoms with Crippen LogP contribution in [0, 0.1) is 11.5 Å². The fourth-order valence-corrected chi connectivity index (χ4v) is 1.24. The van der Waals surface area contributed by atoms with Crippen LogP contribution in [0.1, 0.15) is 5.82 Å². The molecule has 0 aliphatic carbocycles. The van der Waals surface area contributed by atoms with Crippen molar-refractivity contribution in [3.8, 4) is 6.19 Å². The summed E-state index contributed by atoms with van der Waals surface area (Å²) in [5.74, 6) is 0.872. The molecule has 0 spiro atoms. The van der Waals surface area contributed by atoms with Crippen LogP contribution < -0.4 is 5.32 Å². The van der Waals surface area contributed by atoms with E-state index in [4.69, 9.17) is 5.26 Å². The van der Waals surface area contributed by atoms with Crippen molar-refractivity contribution >= 4 is 16.9 Å². The molecule has 6 heteroatoms. The summed E-state index contributed by atoms with van der Waals surface area (Å²) in [5, 5.41) is 11.5. The molecule has 1 aromatic heterocycles. The molecule has 0 amide bonds. The Balaban J connectivity index is 2.62. The fourth-order valence-electron chi connectivity index (χ4n) is 0.894. The minimum atomic E-state index is 0.481. The number of aromatic nitrogens is 2. The van der Waals surface area contributed by atoms with E-state index < -0.39 is 0 Å². The number of imidazole rings is 1. The first-order chi connectivity index (χ1) is 6.77. The number of nitriles is 1. The molecule has 0 saturated heterocycles. The number of thioether (sulfide) groups is 1. The van der Waals surface area contributed by atoms with Crippen LogP contribution in [0.2, 0.25) is 0 Å². The average Bonchev–Trinajstić information content (AvgIpc) is 2.59. The lowest BCUT2D eigenvalue weighted by molar-refractivity contribution is 0.794. The molecule has 1 aromatic rings. The summed E-state index contributed by atoms with van der Waals surface area (Å²) in [7, 11) is 1.91. The number of nitrogens with one attached hydrogen (secondary N) is 1. The van der Waals surface area contributed by atoms with Crippen molar-refractivity contribution in [3.63, 3.8) is 0 Å². The van der Waals surface area contributed by atoms with Gasteiger partial charge in [0.05, 0.1) is 6.54 Å². The Kier molecular flexibility index (Phi) is 4.01. The van der Waals surface area contributed by atoms with Gasteiger partial charge in [-0.15, -0.1) is 0 Å². The third-order valence-electron chi connectivity index (χ3n) is 1.64. The molecule has 0 atom stereocenters. The van der Waals surface area contributed by atoms with Gasteiger partial charge in [0.15, 0.2) is 11.4 Å². The van der Waals surface area contributed by atoms with Gasteiger partial charge in [0, 0.05) is 19.4 Å². The molecular weight excluding hydrogens is 198 g/mol. The molecule has 14 heavy (non-hydrogen) atoms. The summed E-state index contributed by atoms with van der Waals surface area (Å²) in [6.45, 7) is 0.481. The summed E-state index contributed by atoms with van der Waals surface area (Å²) >= 11 is 1.40. The van der Waals surface area contributed by atoms with Crippen LogP contribution in [-0.4, -0.2) is 21.0 Å². The van der Waals surface area contributed by atoms with Gasteiger partial charge in [0.1, 0.15) is 5.82 Å². The molecule has 74 valence electrons. The highest BCUT2D eigenvalue weighted by atomic mass is 32.2. The monoisotopic (exact) mass is 209 g/mol. The zero-order chi connectivity index (χ0) is 10.4. The molecule has 0 aromatic carbocycles. The highest BCUT2D eigenvalue weighted by molar-refractivity contribution is 8.13. The van der Waals surface area contributed by atoms with Crippen LogP contribution >= 0.6 is 11.8 Å². The van der Waals surface area contributed by atoms with E-state index in [1.54, 1.807) is 6.20 Å². The molecular formula is C8H11N5S. The van der Waals surface area contributed by atoms with Gasteiger partial charge in [-0.2, -0.15) is 5.26 Å². The lowest BCUT2D eigenvalue weighted by Crippen LogP contribution is -2.13. The van der Waals surface area contributed by atoms with Gasteiger partial charge < -0.3 is 4.57 Å². The Morgan fingerprint density at radius 1 is 1.86 bits per heavy atom. The highest BCUT2D eigenvalue weighted by Gasteiger charge is 1.98. The summed E-state index contributed by atoms with van der Waals surface area (Å²) in [6.07, 6.45) is 7.28. The number of rotatable bonds is 2. The van der Waals surface area contributed by atoms with Crippen molar-refractivity contribution in [1.82, 2.24) is 14.9 Å². The smallest absolute Gasteiger partial charge is 0.183 e. The molecule has 5 nitrogen and oxygen atoms in total. The second-order valence-electron chi connectivity index (χ2n) is 2.52. The Morgan fingerprint density at radius 3 is 3.14 bits per heavy atom. The van der Waals surface area contributed by atoms with Gasteiger partial charge in [0.2, 0.25) is 0 Å². The van der Waals surface area contributed by atoms with Crippen LogP contribution in [-0.2, 0) is 13.6 Å². The maximum absolute atomic E-state index is 8.40. The summed E-state index contributed by atoms with van der Waals surface area (Å²) in [5.41, 5.74) is 0. The van der Waals surface area contributed by atoms with Crippen molar-refractivity contribution in [1.29, 1.82) is 5.26 Å². The summed E-state index contributed by atoms with van der Waals surface area (Å²) in [6, 6.07) is 0. The zero-order valence-electron chi connectivity index (χ0n) is 8.06. The van der Waals surface area contributed by atoms with Crippen molar-refractivity contribution in [2.45, 2.75) is 6.54 Å². The minimum absolute atomic E-state index is 0.481. The third kappa shape index (κ3) is 2.78. The molecule has 0 aliphatic rings. The first-order valence-corrected chi connectivity index (χ1v) is 5.20. The average molecular weight is 209 g/mol. The molecule has 0 aliphatic heterocycles. The largest absolute Gasteiger partial charge is 0.336 e. The van der Waals surface area contributed by atoms with E-state index >= 15 is 0 Å². The standard InChI is InChI=1S/C8H11N5S/c1-13-4-3-10-7(13)5-11-8(14-2)12-6-9/h3-4H,5H2,1-2H3,(H,11,12). The van der Waals surface area contributed by atoms with Crippen molar-refractivity contribution < 1.29 is 0 Å². The second-order valence-corrected chi connectivity index (χ2v) is 3.31. The predicted molar refractivity (Wildman–Crippen MR) is 56.6 cm³/mol. The molecule has 1 heterocycles. The number of hydrogen-bond donors (Lipinski definition) is 1. The van der Waals surface area contributed by atoms with Crippen LogP contribution in [0.15, 0.2) is 17.4 Å². The quantitative estimate of drug-likeness (QED) is 0.337. The SMILES string of the molecule is CSC(=NCc1nccn1C)NC#N. The van der Waals surface area contributed by atoms with Crippen molar-refractivity contribution in [2.75, 3.05) is 6.26 Å². The van der Waals surface area contributed by atoms with E-state index in [0.29, 0.717) is 11.7 Å². The minimum Gasteiger partial charge on any atom is -0.336 e. The fraction of sp³-hybridized carbons (Fsp3) is 0.375. The zero-order valence-corrected chi connectivity index (χ0v) is 8.88. The Hall–Kier alpha value is -1.48. The van der Waals surface area contributed by atoms with E-state index in [9.17, 15) is 0 Å². The maximum atomic E-state index is 8.40. The molecule has 0 fully saturated rings. The van der Waals surface area contributed by atoms with Gasteiger partial charge >= 0.3 is 0 Å². The predicted octanol–water partition coefficient (Wildman–Crippen LogP) is 0.710. The van der Waals surface area contributed by atoms with Gasteiger partial charge in [-0.05, 0) is 6.26 Å². The van der Waals surface area contributed by atoms with Crippen LogP contribution in [0.3, 0.4) is 0 Å². The Bertz CT molecular complexity index is 362. The van der Waals surface area contributed by atoms with Crippen LogP contribution in [0.4, 0.5) is 0 Å². The van der Waals surface area contributed by atoms with E-state index in [1.807, 2.05) is 30.3 Å². The molecule has 1 N–H and O–H groups in total. The topological polar surface area (TPSA) is 66.0 Å². The molecule has 0 radical (unpaired) electrons. The summed E-state index contributed by atoms with van der Waals surface area (Å²) in [4.78, 5) is 8.32. The number of aliphatic imine (C=N–C) groups is 1. The maximum Gasteiger partial charge on any atom is 0.183 e. The number of amidine groups is 1. The first kappa shape index (κ1) is 10.6. The van der Waals surface area contributed by atoms with E-state index in [-0.39, 0.29) is 0 Å². The number of hydrogen-bond acceptors (Lipinski definition) is 4. The normalized spacial score (nSPS) is 11.1. The lowest BCUT2D eigenvalue weighted by Gasteiger charge is -2.00. The first-order valence-electron chi connectivity index (χ1n) is 3.97. The van der Waals surface area contributed by atoms with Gasteiger partial charge in [-0.3, -0.25) is 10.3 Å². The molecule has 1 rings (SSSR count). The Morgan fingerprint density at radius 2 is 2.64 bits per heavy atom.